The number of hydrogen-bond donors (Lipinski definition) is 0. The third-order valence-corrected chi connectivity index (χ3v) is 4.84. The van der Waals surface area contributed by atoms with Gasteiger partial charge in [0.2, 0.25) is 0 Å². The Balaban J connectivity index is 1.51. The van der Waals surface area contributed by atoms with Crippen LogP contribution in [0, 0.1) is 0 Å². The summed E-state index contributed by atoms with van der Waals surface area (Å²) in [7, 11) is 0. The van der Waals surface area contributed by atoms with Crippen LogP contribution in [-0.4, -0.2) is 37.7 Å². The minimum atomic E-state index is 0.121. The molecule has 4 rings (SSSR count). The van der Waals surface area contributed by atoms with Crippen molar-refractivity contribution in [1.82, 2.24) is 19.2 Å². The number of likely N-dealkylation sites (tertiary alicyclic amines) is 1. The van der Waals surface area contributed by atoms with Crippen LogP contribution in [0.1, 0.15) is 28.9 Å². The molecule has 0 radical (unpaired) electrons. The molecule has 1 atom stereocenters. The van der Waals surface area contributed by atoms with Gasteiger partial charge in [0.15, 0.2) is 0 Å². The van der Waals surface area contributed by atoms with Gasteiger partial charge in [-0.25, -0.2) is 0 Å². The van der Waals surface area contributed by atoms with Crippen molar-refractivity contribution in [3.63, 3.8) is 0 Å². The van der Waals surface area contributed by atoms with Gasteiger partial charge in [-0.15, -0.1) is 0 Å². The predicted octanol–water partition coefficient (Wildman–Crippen LogP) is 3.04. The average Bonchev–Trinajstić information content (AvgIpc) is 3.38. The van der Waals surface area contributed by atoms with E-state index in [9.17, 15) is 4.79 Å². The molecule has 1 amide bonds. The van der Waals surface area contributed by atoms with E-state index in [1.807, 2.05) is 62.9 Å². The lowest BCUT2D eigenvalue weighted by molar-refractivity contribution is 0.0711. The van der Waals surface area contributed by atoms with E-state index in [0.717, 1.165) is 31.6 Å². The van der Waals surface area contributed by atoms with Gasteiger partial charge in [-0.2, -0.15) is 5.10 Å². The third-order valence-electron chi connectivity index (χ3n) is 4.84. The van der Waals surface area contributed by atoms with E-state index < -0.39 is 0 Å². The van der Waals surface area contributed by atoms with Gasteiger partial charge in [0, 0.05) is 31.7 Å². The summed E-state index contributed by atoms with van der Waals surface area (Å²) in [6.45, 7) is 2.30. The highest BCUT2D eigenvalue weighted by atomic mass is 16.2. The Morgan fingerprint density at radius 1 is 1.08 bits per heavy atom. The summed E-state index contributed by atoms with van der Waals surface area (Å²) in [5.74, 6) is 0.121. The Hall–Kier alpha value is -2.82. The second-order valence-electron chi connectivity index (χ2n) is 6.53. The highest BCUT2D eigenvalue weighted by Crippen LogP contribution is 2.22. The molecule has 2 aromatic heterocycles. The number of carbonyl (C=O) groups excluding carboxylic acids is 1. The second kappa shape index (κ2) is 6.97. The number of benzene rings is 1. The molecule has 3 heterocycles. The number of amides is 1. The van der Waals surface area contributed by atoms with Crippen LogP contribution in [0.4, 0.5) is 0 Å². The van der Waals surface area contributed by atoms with E-state index >= 15 is 0 Å². The molecule has 0 N–H and O–H groups in total. The van der Waals surface area contributed by atoms with Gasteiger partial charge < -0.3 is 9.47 Å². The standard InChI is InChI=1S/C20H22N4O/c25-20(24-14-4-9-18(24)16-23-13-6-11-21-23)19-10-5-12-22(19)15-17-7-2-1-3-8-17/h1-3,5-8,10-13,18H,4,9,14-16H2. The highest BCUT2D eigenvalue weighted by Gasteiger charge is 2.31. The number of hydrogen-bond acceptors (Lipinski definition) is 2. The van der Waals surface area contributed by atoms with Crippen molar-refractivity contribution < 1.29 is 4.79 Å². The summed E-state index contributed by atoms with van der Waals surface area (Å²) in [5.41, 5.74) is 1.96. The molecule has 1 aromatic carbocycles. The van der Waals surface area contributed by atoms with Gasteiger partial charge in [0.25, 0.3) is 5.91 Å². The van der Waals surface area contributed by atoms with Crippen molar-refractivity contribution in [2.24, 2.45) is 0 Å². The number of aromatic nitrogens is 3. The van der Waals surface area contributed by atoms with Gasteiger partial charge in [0.05, 0.1) is 12.6 Å². The third kappa shape index (κ3) is 3.36. The fourth-order valence-corrected chi connectivity index (χ4v) is 3.59. The molecule has 5 nitrogen and oxygen atoms in total. The summed E-state index contributed by atoms with van der Waals surface area (Å²) in [4.78, 5) is 15.1. The van der Waals surface area contributed by atoms with Crippen LogP contribution >= 0.6 is 0 Å². The summed E-state index contributed by atoms with van der Waals surface area (Å²) in [6.07, 6.45) is 7.81. The molecule has 1 aliphatic heterocycles. The molecule has 5 heteroatoms. The molecule has 25 heavy (non-hydrogen) atoms. The van der Waals surface area contributed by atoms with Crippen LogP contribution in [0.25, 0.3) is 0 Å². The van der Waals surface area contributed by atoms with Crippen LogP contribution in [0.3, 0.4) is 0 Å². The second-order valence-corrected chi connectivity index (χ2v) is 6.53. The molecule has 1 aliphatic rings. The van der Waals surface area contributed by atoms with Crippen molar-refractivity contribution in [2.75, 3.05) is 6.54 Å². The topological polar surface area (TPSA) is 43.1 Å². The van der Waals surface area contributed by atoms with E-state index in [1.165, 1.54) is 5.56 Å². The van der Waals surface area contributed by atoms with E-state index in [-0.39, 0.29) is 11.9 Å². The monoisotopic (exact) mass is 334 g/mol. The number of rotatable bonds is 5. The van der Waals surface area contributed by atoms with Gasteiger partial charge in [-0.3, -0.25) is 9.48 Å². The van der Waals surface area contributed by atoms with Crippen molar-refractivity contribution in [3.05, 3.63) is 78.4 Å². The molecular formula is C20H22N4O. The Morgan fingerprint density at radius 2 is 1.96 bits per heavy atom. The Morgan fingerprint density at radius 3 is 2.76 bits per heavy atom. The van der Waals surface area contributed by atoms with Crippen LogP contribution in [0.2, 0.25) is 0 Å². The molecule has 0 aliphatic carbocycles. The largest absolute Gasteiger partial charge is 0.339 e. The summed E-state index contributed by atoms with van der Waals surface area (Å²) in [6, 6.07) is 16.3. The lowest BCUT2D eigenvalue weighted by Crippen LogP contribution is -2.39. The van der Waals surface area contributed by atoms with Gasteiger partial charge >= 0.3 is 0 Å². The lowest BCUT2D eigenvalue weighted by atomic mass is 10.2. The van der Waals surface area contributed by atoms with Crippen LogP contribution in [0.15, 0.2) is 67.1 Å². The maximum Gasteiger partial charge on any atom is 0.270 e. The Kier molecular flexibility index (Phi) is 4.37. The summed E-state index contributed by atoms with van der Waals surface area (Å²) < 4.78 is 3.96. The number of carbonyl (C=O) groups is 1. The summed E-state index contributed by atoms with van der Waals surface area (Å²) >= 11 is 0. The Bertz CT molecular complexity index is 823. The molecule has 1 unspecified atom stereocenters. The number of nitrogens with zero attached hydrogens (tertiary/aromatic N) is 4. The lowest BCUT2D eigenvalue weighted by Gasteiger charge is -2.25. The van der Waals surface area contributed by atoms with Crippen molar-refractivity contribution >= 4 is 5.91 Å². The minimum absolute atomic E-state index is 0.121. The molecule has 0 spiro atoms. The molecule has 1 fully saturated rings. The van der Waals surface area contributed by atoms with E-state index in [2.05, 4.69) is 17.2 Å². The van der Waals surface area contributed by atoms with E-state index in [0.29, 0.717) is 6.54 Å². The SMILES string of the molecule is O=C(c1cccn1Cc1ccccc1)N1CCCC1Cn1cccn1. The van der Waals surface area contributed by atoms with Gasteiger partial charge in [-0.05, 0) is 36.6 Å². The quantitative estimate of drug-likeness (QED) is 0.720. The Labute approximate surface area is 147 Å². The average molecular weight is 334 g/mol. The van der Waals surface area contributed by atoms with Crippen LogP contribution in [0.5, 0.6) is 0 Å². The van der Waals surface area contributed by atoms with E-state index in [4.69, 9.17) is 0 Å². The maximum atomic E-state index is 13.1. The molecule has 3 aromatic rings. The summed E-state index contributed by atoms with van der Waals surface area (Å²) in [5, 5.41) is 4.28. The first kappa shape index (κ1) is 15.7. The fraction of sp³-hybridized carbons (Fsp3) is 0.300. The molecular weight excluding hydrogens is 312 g/mol. The molecule has 0 bridgehead atoms. The maximum absolute atomic E-state index is 13.1. The molecule has 1 saturated heterocycles. The fourth-order valence-electron chi connectivity index (χ4n) is 3.59. The van der Waals surface area contributed by atoms with Gasteiger partial charge in [-0.1, -0.05) is 30.3 Å². The highest BCUT2D eigenvalue weighted by molar-refractivity contribution is 5.93. The zero-order valence-electron chi connectivity index (χ0n) is 14.2. The van der Waals surface area contributed by atoms with Crippen molar-refractivity contribution in [1.29, 1.82) is 0 Å². The van der Waals surface area contributed by atoms with Crippen LogP contribution < -0.4 is 0 Å². The normalized spacial score (nSPS) is 17.1. The van der Waals surface area contributed by atoms with Gasteiger partial charge in [0.1, 0.15) is 5.69 Å². The smallest absolute Gasteiger partial charge is 0.270 e. The minimum Gasteiger partial charge on any atom is -0.339 e. The predicted molar refractivity (Wildman–Crippen MR) is 96.3 cm³/mol. The molecule has 128 valence electrons. The zero-order chi connectivity index (χ0) is 17.1. The molecule has 0 saturated carbocycles. The first-order chi connectivity index (χ1) is 12.3. The first-order valence-corrected chi connectivity index (χ1v) is 8.79. The van der Waals surface area contributed by atoms with Crippen molar-refractivity contribution in [2.45, 2.75) is 32.0 Å². The zero-order valence-corrected chi connectivity index (χ0v) is 14.2. The first-order valence-electron chi connectivity index (χ1n) is 8.79. The van der Waals surface area contributed by atoms with Crippen LogP contribution in [-0.2, 0) is 13.1 Å². The van der Waals surface area contributed by atoms with Crippen molar-refractivity contribution in [3.8, 4) is 0 Å². The van der Waals surface area contributed by atoms with E-state index in [1.54, 1.807) is 6.20 Å².